The summed E-state index contributed by atoms with van der Waals surface area (Å²) < 4.78 is 11.7. The third-order valence-electron chi connectivity index (χ3n) is 4.75. The molecule has 1 aromatic carbocycles. The molecule has 1 N–H and O–H groups in total. The number of nitrogens with zero attached hydrogens (tertiary/aromatic N) is 2. The smallest absolute Gasteiger partial charge is 0.157 e. The summed E-state index contributed by atoms with van der Waals surface area (Å²) in [5.74, 6) is 1.19. The van der Waals surface area contributed by atoms with Gasteiger partial charge in [0.2, 0.25) is 0 Å². The predicted octanol–water partition coefficient (Wildman–Crippen LogP) is 2.55. The predicted molar refractivity (Wildman–Crippen MR) is 92.2 cm³/mol. The Bertz CT molecular complexity index is 768. The van der Waals surface area contributed by atoms with Crippen molar-refractivity contribution in [2.45, 2.75) is 31.7 Å². The highest BCUT2D eigenvalue weighted by atomic mass is 16.5. The molecule has 2 aliphatic rings. The molecule has 6 nitrogen and oxygen atoms in total. The summed E-state index contributed by atoms with van der Waals surface area (Å²) in [6.45, 7) is 1.96. The number of pyridine rings is 1. The number of carbonyl (C=O) groups excluding carboxylic acids is 1. The molecule has 3 heterocycles. The number of ether oxygens (including phenoxy) is 2. The lowest BCUT2D eigenvalue weighted by molar-refractivity contribution is 0.0301. The van der Waals surface area contributed by atoms with Gasteiger partial charge in [-0.05, 0) is 31.0 Å². The number of benzene rings is 1. The number of morpholine rings is 1. The van der Waals surface area contributed by atoms with E-state index in [1.165, 1.54) is 6.07 Å². The van der Waals surface area contributed by atoms with Gasteiger partial charge in [-0.2, -0.15) is 0 Å². The average Bonchev–Trinajstić information content (AvgIpc) is 2.98. The Labute approximate surface area is 146 Å². The van der Waals surface area contributed by atoms with Gasteiger partial charge in [0.1, 0.15) is 23.9 Å². The highest BCUT2D eigenvalue weighted by molar-refractivity contribution is 5.83. The van der Waals surface area contributed by atoms with E-state index in [2.05, 4.69) is 9.88 Å². The number of phenolic OH excluding ortho intramolecular Hbond substituents is 1. The van der Waals surface area contributed by atoms with Gasteiger partial charge in [-0.25, -0.2) is 4.98 Å². The van der Waals surface area contributed by atoms with Crippen molar-refractivity contribution >= 4 is 12.1 Å². The van der Waals surface area contributed by atoms with Gasteiger partial charge in [0, 0.05) is 24.8 Å². The Morgan fingerprint density at radius 3 is 2.80 bits per heavy atom. The second-order valence-electron chi connectivity index (χ2n) is 6.44. The fraction of sp³-hybridized carbons (Fsp3) is 0.368. The summed E-state index contributed by atoms with van der Waals surface area (Å²) in [5.41, 5.74) is 1.11. The summed E-state index contributed by atoms with van der Waals surface area (Å²) >= 11 is 0. The summed E-state index contributed by atoms with van der Waals surface area (Å²) in [6.07, 6.45) is 5.15. The van der Waals surface area contributed by atoms with Crippen molar-refractivity contribution in [2.24, 2.45) is 0 Å². The molecule has 0 saturated carbocycles. The second-order valence-corrected chi connectivity index (χ2v) is 6.44. The second kappa shape index (κ2) is 6.72. The van der Waals surface area contributed by atoms with E-state index in [1.807, 2.05) is 12.1 Å². The molecule has 2 fully saturated rings. The number of aldehydes is 1. The van der Waals surface area contributed by atoms with Crippen LogP contribution in [0.2, 0.25) is 0 Å². The van der Waals surface area contributed by atoms with Crippen LogP contribution in [0.3, 0.4) is 0 Å². The lowest BCUT2D eigenvalue weighted by atomic mass is 10.2. The third kappa shape index (κ3) is 3.17. The van der Waals surface area contributed by atoms with Gasteiger partial charge in [0.15, 0.2) is 6.29 Å². The zero-order chi connectivity index (χ0) is 17.2. The Morgan fingerprint density at radius 2 is 2.04 bits per heavy atom. The highest BCUT2D eigenvalue weighted by Gasteiger charge is 2.34. The molecule has 0 unspecified atom stereocenters. The summed E-state index contributed by atoms with van der Waals surface area (Å²) in [5, 5.41) is 9.77. The Balaban J connectivity index is 1.54. The van der Waals surface area contributed by atoms with Crippen molar-refractivity contribution in [3.63, 3.8) is 0 Å². The molecule has 25 heavy (non-hydrogen) atoms. The normalized spacial score (nSPS) is 22.0. The molecule has 1 aromatic heterocycles. The van der Waals surface area contributed by atoms with E-state index in [-0.39, 0.29) is 30.1 Å². The van der Waals surface area contributed by atoms with Gasteiger partial charge < -0.3 is 19.5 Å². The van der Waals surface area contributed by atoms with E-state index in [0.717, 1.165) is 37.3 Å². The molecule has 2 aliphatic heterocycles. The van der Waals surface area contributed by atoms with Crippen molar-refractivity contribution in [1.82, 2.24) is 4.98 Å². The number of hydrogen-bond donors (Lipinski definition) is 1. The van der Waals surface area contributed by atoms with Crippen LogP contribution in [0.4, 0.5) is 5.82 Å². The minimum Gasteiger partial charge on any atom is -0.507 e. The van der Waals surface area contributed by atoms with Crippen molar-refractivity contribution in [3.05, 3.63) is 47.7 Å². The van der Waals surface area contributed by atoms with Crippen LogP contribution in [0.1, 0.15) is 28.8 Å². The number of fused-ring (bicyclic) bond motifs is 2. The van der Waals surface area contributed by atoms with E-state index in [9.17, 15) is 9.90 Å². The van der Waals surface area contributed by atoms with Crippen LogP contribution in [0.5, 0.6) is 11.5 Å². The maximum Gasteiger partial charge on any atom is 0.157 e. The van der Waals surface area contributed by atoms with Gasteiger partial charge in [0.05, 0.1) is 17.8 Å². The molecule has 0 aliphatic carbocycles. The van der Waals surface area contributed by atoms with Gasteiger partial charge in [-0.3, -0.25) is 4.79 Å². The number of hydrogen-bond acceptors (Lipinski definition) is 6. The number of aromatic hydroxyl groups is 1. The van der Waals surface area contributed by atoms with Gasteiger partial charge in [-0.1, -0.05) is 12.1 Å². The van der Waals surface area contributed by atoms with E-state index < -0.39 is 0 Å². The van der Waals surface area contributed by atoms with Gasteiger partial charge in [0.25, 0.3) is 0 Å². The van der Waals surface area contributed by atoms with E-state index >= 15 is 0 Å². The number of aromatic nitrogens is 1. The average molecular weight is 340 g/mol. The first-order valence-electron chi connectivity index (χ1n) is 8.49. The molecule has 2 aromatic rings. The SMILES string of the molecule is O=Cc1c(O)cccc1OCc1cccnc1N1C[C@H]2CC[C@@H](C1)O2. The van der Waals surface area contributed by atoms with E-state index in [0.29, 0.717) is 12.0 Å². The van der Waals surface area contributed by atoms with E-state index in [4.69, 9.17) is 9.47 Å². The molecule has 4 rings (SSSR count). The monoisotopic (exact) mass is 340 g/mol. The molecule has 2 bridgehead atoms. The number of anilines is 1. The van der Waals surface area contributed by atoms with Crippen LogP contribution in [-0.4, -0.2) is 41.7 Å². The van der Waals surface area contributed by atoms with Crippen LogP contribution in [0, 0.1) is 0 Å². The highest BCUT2D eigenvalue weighted by Crippen LogP contribution is 2.31. The number of carbonyl (C=O) groups is 1. The quantitative estimate of drug-likeness (QED) is 0.844. The van der Waals surface area contributed by atoms with Crippen LogP contribution in [-0.2, 0) is 11.3 Å². The molecule has 0 radical (unpaired) electrons. The molecule has 2 atom stereocenters. The molecular formula is C19H20N2O4. The molecular weight excluding hydrogens is 320 g/mol. The van der Waals surface area contributed by atoms with Crippen LogP contribution >= 0.6 is 0 Å². The first-order valence-corrected chi connectivity index (χ1v) is 8.49. The van der Waals surface area contributed by atoms with Gasteiger partial charge >= 0.3 is 0 Å². The maximum atomic E-state index is 11.2. The molecule has 2 saturated heterocycles. The first-order chi connectivity index (χ1) is 12.2. The zero-order valence-corrected chi connectivity index (χ0v) is 13.8. The molecule has 0 spiro atoms. The molecule has 6 heteroatoms. The fourth-order valence-corrected chi connectivity index (χ4v) is 3.55. The lowest BCUT2D eigenvalue weighted by Crippen LogP contribution is -2.43. The summed E-state index contributed by atoms with van der Waals surface area (Å²) in [4.78, 5) is 18.0. The number of rotatable bonds is 5. The first kappa shape index (κ1) is 15.9. The van der Waals surface area contributed by atoms with Crippen molar-refractivity contribution in [1.29, 1.82) is 0 Å². The zero-order valence-electron chi connectivity index (χ0n) is 13.8. The van der Waals surface area contributed by atoms with Crippen LogP contribution < -0.4 is 9.64 Å². The lowest BCUT2D eigenvalue weighted by Gasteiger charge is -2.34. The van der Waals surface area contributed by atoms with Crippen molar-refractivity contribution in [3.8, 4) is 11.5 Å². The Morgan fingerprint density at radius 1 is 1.24 bits per heavy atom. The fourth-order valence-electron chi connectivity index (χ4n) is 3.55. The van der Waals surface area contributed by atoms with Crippen molar-refractivity contribution in [2.75, 3.05) is 18.0 Å². The summed E-state index contributed by atoms with van der Waals surface area (Å²) in [6, 6.07) is 8.65. The maximum absolute atomic E-state index is 11.2. The van der Waals surface area contributed by atoms with Crippen LogP contribution in [0.25, 0.3) is 0 Å². The Hall–Kier alpha value is -2.60. The standard InChI is InChI=1S/C19H20N2O4/c22-11-16-17(23)4-1-5-18(16)24-12-13-3-2-8-20-19(13)21-9-14-6-7-15(10-21)25-14/h1-5,8,11,14-15,23H,6-7,9-10,12H2/t14-,15+. The third-order valence-corrected chi connectivity index (χ3v) is 4.75. The Kier molecular flexibility index (Phi) is 4.28. The molecule has 130 valence electrons. The minimum atomic E-state index is -0.0799. The van der Waals surface area contributed by atoms with Crippen molar-refractivity contribution < 1.29 is 19.4 Å². The van der Waals surface area contributed by atoms with E-state index in [1.54, 1.807) is 18.3 Å². The van der Waals surface area contributed by atoms with Gasteiger partial charge in [-0.15, -0.1) is 0 Å². The molecule has 0 amide bonds. The largest absolute Gasteiger partial charge is 0.507 e. The topological polar surface area (TPSA) is 71.9 Å². The number of phenols is 1. The van der Waals surface area contributed by atoms with Crippen LogP contribution in [0.15, 0.2) is 36.5 Å². The minimum absolute atomic E-state index is 0.0799. The summed E-state index contributed by atoms with van der Waals surface area (Å²) in [7, 11) is 0.